The molecule has 2 saturated heterocycles. The first-order chi connectivity index (χ1) is 19.2. The summed E-state index contributed by atoms with van der Waals surface area (Å²) in [5.41, 5.74) is 2.47. The van der Waals surface area contributed by atoms with Gasteiger partial charge in [-0.2, -0.15) is 0 Å². The number of nitrogens with one attached hydrogen (secondary N) is 1. The Morgan fingerprint density at radius 2 is 1.75 bits per heavy atom. The quantitative estimate of drug-likeness (QED) is 0.374. The van der Waals surface area contributed by atoms with Crippen LogP contribution in [-0.4, -0.2) is 77.3 Å². The lowest BCUT2D eigenvalue weighted by atomic mass is 9.90. The van der Waals surface area contributed by atoms with E-state index in [1.165, 1.54) is 19.2 Å². The van der Waals surface area contributed by atoms with Crippen molar-refractivity contribution in [2.75, 3.05) is 33.3 Å². The highest BCUT2D eigenvalue weighted by molar-refractivity contribution is 6.45. The zero-order chi connectivity index (χ0) is 28.6. The van der Waals surface area contributed by atoms with Crippen molar-refractivity contribution in [3.8, 4) is 5.75 Å². The molecule has 9 heteroatoms. The number of likely N-dealkylation sites (tertiary alicyclic amines) is 1. The Morgan fingerprint density at radius 1 is 1.05 bits per heavy atom. The van der Waals surface area contributed by atoms with E-state index in [9.17, 15) is 18.8 Å². The van der Waals surface area contributed by atoms with Crippen molar-refractivity contribution in [2.24, 2.45) is 13.0 Å². The fourth-order valence-corrected chi connectivity index (χ4v) is 5.94. The maximum atomic E-state index is 13.7. The van der Waals surface area contributed by atoms with Crippen LogP contribution in [-0.2, 0) is 18.3 Å². The number of nitrogens with zero attached hydrogens (tertiary/aromatic N) is 3. The molecule has 40 heavy (non-hydrogen) atoms. The summed E-state index contributed by atoms with van der Waals surface area (Å²) >= 11 is 0. The summed E-state index contributed by atoms with van der Waals surface area (Å²) < 4.78 is 20.7. The van der Waals surface area contributed by atoms with E-state index in [0.29, 0.717) is 54.3 Å². The van der Waals surface area contributed by atoms with E-state index in [4.69, 9.17) is 4.74 Å². The van der Waals surface area contributed by atoms with Crippen LogP contribution in [0.25, 0.3) is 10.9 Å². The summed E-state index contributed by atoms with van der Waals surface area (Å²) in [5.74, 6) is -0.648. The molecule has 2 aromatic carbocycles. The van der Waals surface area contributed by atoms with Crippen molar-refractivity contribution in [1.82, 2.24) is 19.7 Å². The minimum absolute atomic E-state index is 0.0918. The Bertz CT molecular complexity index is 1430. The summed E-state index contributed by atoms with van der Waals surface area (Å²) in [5, 5.41) is 3.89. The maximum Gasteiger partial charge on any atom is 0.295 e. The number of methoxy groups -OCH3 is 1. The van der Waals surface area contributed by atoms with E-state index in [-0.39, 0.29) is 29.4 Å². The van der Waals surface area contributed by atoms with Gasteiger partial charge in [0.15, 0.2) is 0 Å². The Labute approximate surface area is 234 Å². The third kappa shape index (κ3) is 5.47. The van der Waals surface area contributed by atoms with Gasteiger partial charge in [0.2, 0.25) is 0 Å². The first-order valence-electron chi connectivity index (χ1n) is 14.0. The molecule has 2 amide bonds. The van der Waals surface area contributed by atoms with Crippen molar-refractivity contribution in [3.05, 3.63) is 65.1 Å². The highest BCUT2D eigenvalue weighted by Gasteiger charge is 2.33. The number of ether oxygens (including phenoxy) is 1. The third-order valence-electron chi connectivity index (χ3n) is 8.34. The molecule has 2 fully saturated rings. The molecule has 2 atom stereocenters. The summed E-state index contributed by atoms with van der Waals surface area (Å²) in [6.07, 6.45) is 4.21. The van der Waals surface area contributed by atoms with E-state index < -0.39 is 11.7 Å². The summed E-state index contributed by atoms with van der Waals surface area (Å²) in [7, 11) is 3.34. The normalized spacial score (nSPS) is 20.1. The third-order valence-corrected chi connectivity index (χ3v) is 8.34. The van der Waals surface area contributed by atoms with E-state index in [0.717, 1.165) is 24.8 Å². The Morgan fingerprint density at radius 3 is 2.42 bits per heavy atom. The SMILES string of the molecule is COc1cc2c(cc1C(=O)N1CCC(Cc3ccc(F)cc3)CC1)c(C(=O)C(=O)N1C[C@H](C)NC[C@H]1C)cn2C. The largest absolute Gasteiger partial charge is 0.496 e. The molecule has 2 aliphatic rings. The van der Waals surface area contributed by atoms with Gasteiger partial charge in [-0.1, -0.05) is 12.1 Å². The molecule has 0 aliphatic carbocycles. The fourth-order valence-electron chi connectivity index (χ4n) is 5.94. The minimum atomic E-state index is -0.572. The average Bonchev–Trinajstić information content (AvgIpc) is 3.29. The number of aromatic nitrogens is 1. The molecule has 1 N–H and O–H groups in total. The van der Waals surface area contributed by atoms with E-state index >= 15 is 0 Å². The Hall–Kier alpha value is -3.72. The predicted octanol–water partition coefficient (Wildman–Crippen LogP) is 3.81. The van der Waals surface area contributed by atoms with Gasteiger partial charge in [-0.25, -0.2) is 4.39 Å². The molecule has 0 unspecified atom stereocenters. The monoisotopic (exact) mass is 548 g/mol. The number of Topliss-reactive ketones (excluding diaryl/α,β-unsaturated/α-hetero) is 1. The molecular formula is C31H37FN4O4. The molecule has 8 nitrogen and oxygen atoms in total. The molecule has 0 spiro atoms. The molecule has 0 bridgehead atoms. The number of carbonyl (C=O) groups is 3. The Balaban J connectivity index is 1.36. The first-order valence-corrected chi connectivity index (χ1v) is 14.0. The topological polar surface area (TPSA) is 83.9 Å². The van der Waals surface area contributed by atoms with Crippen LogP contribution < -0.4 is 10.1 Å². The number of aryl methyl sites for hydroxylation is 1. The number of benzene rings is 2. The molecule has 3 aromatic rings. The van der Waals surface area contributed by atoms with Gasteiger partial charge in [-0.15, -0.1) is 0 Å². The van der Waals surface area contributed by atoms with Gasteiger partial charge >= 0.3 is 0 Å². The number of hydrogen-bond acceptors (Lipinski definition) is 5. The van der Waals surface area contributed by atoms with Crippen LogP contribution >= 0.6 is 0 Å². The molecule has 5 rings (SSSR count). The van der Waals surface area contributed by atoms with Gasteiger partial charge < -0.3 is 24.4 Å². The lowest BCUT2D eigenvalue weighted by Gasteiger charge is -2.37. The van der Waals surface area contributed by atoms with E-state index in [1.54, 1.807) is 27.8 Å². The minimum Gasteiger partial charge on any atom is -0.496 e. The molecule has 3 heterocycles. The number of piperidine rings is 1. The number of amides is 2. The number of hydrogen-bond donors (Lipinski definition) is 1. The molecule has 1 aromatic heterocycles. The fraction of sp³-hybridized carbons (Fsp3) is 0.452. The highest BCUT2D eigenvalue weighted by Crippen LogP contribution is 2.32. The smallest absolute Gasteiger partial charge is 0.295 e. The van der Waals surface area contributed by atoms with Crippen LogP contribution in [0.4, 0.5) is 4.39 Å². The van der Waals surface area contributed by atoms with Crippen LogP contribution in [0.5, 0.6) is 5.75 Å². The molecule has 212 valence electrons. The van der Waals surface area contributed by atoms with Crippen molar-refractivity contribution >= 4 is 28.5 Å². The molecule has 0 saturated carbocycles. The van der Waals surface area contributed by atoms with Gasteiger partial charge in [0.05, 0.1) is 23.8 Å². The average molecular weight is 549 g/mol. The summed E-state index contributed by atoms with van der Waals surface area (Å²) in [4.78, 5) is 44.0. The second-order valence-electron chi connectivity index (χ2n) is 11.2. The number of fused-ring (bicyclic) bond motifs is 1. The highest BCUT2D eigenvalue weighted by atomic mass is 19.1. The van der Waals surface area contributed by atoms with E-state index in [2.05, 4.69) is 5.32 Å². The number of rotatable bonds is 6. The van der Waals surface area contributed by atoms with Crippen molar-refractivity contribution < 1.29 is 23.5 Å². The summed E-state index contributed by atoms with van der Waals surface area (Å²) in [6, 6.07) is 10.1. The number of carbonyl (C=O) groups excluding carboxylic acids is 3. The predicted molar refractivity (Wildman–Crippen MR) is 151 cm³/mol. The number of piperazine rings is 1. The zero-order valence-corrected chi connectivity index (χ0v) is 23.6. The lowest BCUT2D eigenvalue weighted by Crippen LogP contribution is -2.57. The molecule has 2 aliphatic heterocycles. The van der Waals surface area contributed by atoms with Gasteiger partial charge in [0, 0.05) is 63.0 Å². The van der Waals surface area contributed by atoms with Crippen LogP contribution in [0.15, 0.2) is 42.6 Å². The van der Waals surface area contributed by atoms with Crippen LogP contribution in [0.1, 0.15) is 53.0 Å². The Kier molecular flexibility index (Phi) is 7.94. The lowest BCUT2D eigenvalue weighted by molar-refractivity contribution is -0.129. The molecule has 0 radical (unpaired) electrons. The summed E-state index contributed by atoms with van der Waals surface area (Å²) in [6.45, 7) is 6.22. The van der Waals surface area contributed by atoms with Gasteiger partial charge in [0.25, 0.3) is 17.6 Å². The second-order valence-corrected chi connectivity index (χ2v) is 11.2. The van der Waals surface area contributed by atoms with E-state index in [1.807, 2.05) is 37.9 Å². The van der Waals surface area contributed by atoms with Crippen molar-refractivity contribution in [1.29, 1.82) is 0 Å². The van der Waals surface area contributed by atoms with Crippen LogP contribution in [0.3, 0.4) is 0 Å². The standard InChI is InChI=1S/C31H37FN4O4/c1-19-17-36(20(2)16-33-19)31(39)29(37)26-18-34(3)27-15-28(40-4)25(14-24(26)27)30(38)35-11-9-22(10-12-35)13-21-5-7-23(32)8-6-21/h5-8,14-15,18-20,22,33H,9-13,16-17H2,1-4H3/t19-,20+/m0/s1. The van der Waals surface area contributed by atoms with Crippen molar-refractivity contribution in [3.63, 3.8) is 0 Å². The zero-order valence-electron chi connectivity index (χ0n) is 23.6. The second kappa shape index (κ2) is 11.4. The molecular weight excluding hydrogens is 511 g/mol. The van der Waals surface area contributed by atoms with Gasteiger partial charge in [-0.3, -0.25) is 14.4 Å². The van der Waals surface area contributed by atoms with Gasteiger partial charge in [-0.05, 0) is 62.8 Å². The first kappa shape index (κ1) is 27.8. The van der Waals surface area contributed by atoms with Gasteiger partial charge in [0.1, 0.15) is 11.6 Å². The van der Waals surface area contributed by atoms with Crippen LogP contribution in [0.2, 0.25) is 0 Å². The number of halogens is 1. The van der Waals surface area contributed by atoms with Crippen LogP contribution in [0, 0.1) is 11.7 Å². The van der Waals surface area contributed by atoms with Crippen molar-refractivity contribution in [2.45, 2.75) is 45.2 Å². The maximum absolute atomic E-state index is 13.7. The number of ketones is 1.